The molecule has 7 heteroatoms. The highest BCUT2D eigenvalue weighted by Gasteiger charge is 2.25. The lowest BCUT2D eigenvalue weighted by molar-refractivity contribution is -0.139. The smallest absolute Gasteiger partial charge is 0.330 e. The van der Waals surface area contributed by atoms with Gasteiger partial charge in [0.25, 0.3) is 5.91 Å². The van der Waals surface area contributed by atoms with Crippen LogP contribution in [0.25, 0.3) is 0 Å². The van der Waals surface area contributed by atoms with Crippen LogP contribution in [0.4, 0.5) is 5.69 Å². The van der Waals surface area contributed by atoms with Crippen LogP contribution in [0, 0.1) is 0 Å². The van der Waals surface area contributed by atoms with Crippen molar-refractivity contribution < 1.29 is 24.2 Å². The number of carboxylic acids is 1. The molecular weight excluding hydrogens is 360 g/mol. The number of amides is 1. The number of carbonyl (C=O) groups excluding carboxylic acids is 1. The quantitative estimate of drug-likeness (QED) is 0.823. The van der Waals surface area contributed by atoms with Crippen LogP contribution >= 0.6 is 0 Å². The number of benzene rings is 2. The Bertz CT molecular complexity index is 875. The van der Waals surface area contributed by atoms with Gasteiger partial charge in [0.05, 0.1) is 19.8 Å². The molecule has 2 aromatic rings. The number of nitrogens with one attached hydrogen (secondary N) is 1. The number of morpholine rings is 1. The fourth-order valence-electron chi connectivity index (χ4n) is 3.53. The van der Waals surface area contributed by atoms with Gasteiger partial charge in [0.1, 0.15) is 5.75 Å². The number of ether oxygens (including phenoxy) is 2. The third-order valence-electron chi connectivity index (χ3n) is 5.07. The van der Waals surface area contributed by atoms with Crippen molar-refractivity contribution in [3.63, 3.8) is 0 Å². The zero-order valence-corrected chi connectivity index (χ0v) is 15.4. The van der Waals surface area contributed by atoms with Crippen molar-refractivity contribution in [3.05, 3.63) is 59.2 Å². The number of carbonyl (C=O) groups is 2. The average Bonchev–Trinajstić information content (AvgIpc) is 3.20. The maximum absolute atomic E-state index is 12.6. The van der Waals surface area contributed by atoms with E-state index in [1.54, 1.807) is 30.3 Å². The average molecular weight is 382 g/mol. The van der Waals surface area contributed by atoms with Gasteiger partial charge in [-0.2, -0.15) is 0 Å². The molecule has 1 fully saturated rings. The zero-order valence-electron chi connectivity index (χ0n) is 15.4. The maximum atomic E-state index is 12.6. The second-order valence-corrected chi connectivity index (χ2v) is 6.86. The van der Waals surface area contributed by atoms with Crippen LogP contribution in [0.1, 0.15) is 27.5 Å². The predicted octanol–water partition coefficient (Wildman–Crippen LogP) is 2.01. The Balaban J connectivity index is 1.48. The van der Waals surface area contributed by atoms with Gasteiger partial charge in [0, 0.05) is 30.8 Å². The van der Waals surface area contributed by atoms with Gasteiger partial charge in [-0.05, 0) is 47.5 Å². The summed E-state index contributed by atoms with van der Waals surface area (Å²) in [6.07, 6.45) is 0.743. The molecule has 1 unspecified atom stereocenters. The molecule has 0 saturated carbocycles. The van der Waals surface area contributed by atoms with Crippen molar-refractivity contribution in [2.45, 2.75) is 12.5 Å². The molecule has 7 nitrogen and oxygen atoms in total. The number of hydrogen-bond donors (Lipinski definition) is 2. The first-order valence-electron chi connectivity index (χ1n) is 9.34. The van der Waals surface area contributed by atoms with E-state index in [4.69, 9.17) is 9.47 Å². The van der Waals surface area contributed by atoms with Gasteiger partial charge in [-0.25, -0.2) is 4.79 Å². The summed E-state index contributed by atoms with van der Waals surface area (Å²) in [7, 11) is 0. The molecular formula is C21H22N2O5. The van der Waals surface area contributed by atoms with Gasteiger partial charge in [0.2, 0.25) is 0 Å². The van der Waals surface area contributed by atoms with Gasteiger partial charge in [-0.15, -0.1) is 0 Å². The summed E-state index contributed by atoms with van der Waals surface area (Å²) in [5, 5.41) is 12.2. The highest BCUT2D eigenvalue weighted by Crippen LogP contribution is 2.28. The van der Waals surface area contributed by atoms with Crippen LogP contribution in [0.15, 0.2) is 42.5 Å². The Morgan fingerprint density at radius 3 is 2.50 bits per heavy atom. The summed E-state index contributed by atoms with van der Waals surface area (Å²) in [6.45, 7) is 3.60. The van der Waals surface area contributed by atoms with Crippen LogP contribution < -0.4 is 15.0 Å². The molecule has 28 heavy (non-hydrogen) atoms. The van der Waals surface area contributed by atoms with E-state index in [1.807, 2.05) is 12.1 Å². The standard InChI is InChI=1S/C21H22N2O5/c24-20(14-1-4-17(5-2-14)23-8-11-27-12-9-23)22-19(21(25)26)16-3-6-18-15(13-16)7-10-28-18/h1-6,13,19H,7-12H2,(H,22,24)(H,25,26). The number of nitrogens with zero attached hydrogens (tertiary/aromatic N) is 1. The van der Waals surface area contributed by atoms with Crippen LogP contribution in [0.5, 0.6) is 5.75 Å². The molecule has 2 aliphatic heterocycles. The molecule has 1 atom stereocenters. The SMILES string of the molecule is O=C(NC(C(=O)O)c1ccc2c(c1)CCO2)c1ccc(N2CCOCC2)cc1. The summed E-state index contributed by atoms with van der Waals surface area (Å²) in [4.78, 5) is 26.6. The molecule has 1 saturated heterocycles. The van der Waals surface area contributed by atoms with E-state index in [0.717, 1.165) is 36.5 Å². The summed E-state index contributed by atoms with van der Waals surface area (Å²) in [5.41, 5.74) is 2.95. The van der Waals surface area contributed by atoms with E-state index < -0.39 is 17.9 Å². The van der Waals surface area contributed by atoms with Crippen LogP contribution in [-0.2, 0) is 16.0 Å². The summed E-state index contributed by atoms with van der Waals surface area (Å²) >= 11 is 0. The van der Waals surface area contributed by atoms with Crippen molar-refractivity contribution in [2.75, 3.05) is 37.8 Å². The lowest BCUT2D eigenvalue weighted by Gasteiger charge is -2.28. The van der Waals surface area contributed by atoms with Crippen molar-refractivity contribution in [2.24, 2.45) is 0 Å². The van der Waals surface area contributed by atoms with E-state index in [1.165, 1.54) is 0 Å². The van der Waals surface area contributed by atoms with E-state index in [9.17, 15) is 14.7 Å². The molecule has 2 aromatic carbocycles. The number of carboxylic acid groups (broad SMARTS) is 1. The topological polar surface area (TPSA) is 88.1 Å². The molecule has 4 rings (SSSR count). The molecule has 2 heterocycles. The zero-order chi connectivity index (χ0) is 19.5. The van der Waals surface area contributed by atoms with E-state index in [0.29, 0.717) is 30.9 Å². The third kappa shape index (κ3) is 3.80. The number of aliphatic carboxylic acids is 1. The number of hydrogen-bond acceptors (Lipinski definition) is 5. The maximum Gasteiger partial charge on any atom is 0.330 e. The van der Waals surface area contributed by atoms with Gasteiger partial charge < -0.3 is 24.8 Å². The van der Waals surface area contributed by atoms with Gasteiger partial charge >= 0.3 is 5.97 Å². The second-order valence-electron chi connectivity index (χ2n) is 6.86. The molecule has 2 N–H and O–H groups in total. The first-order valence-corrected chi connectivity index (χ1v) is 9.34. The molecule has 146 valence electrons. The Kier molecular flexibility index (Phi) is 5.16. The first kappa shape index (κ1) is 18.3. The lowest BCUT2D eigenvalue weighted by Crippen LogP contribution is -2.36. The fourth-order valence-corrected chi connectivity index (χ4v) is 3.53. The number of rotatable bonds is 5. The minimum atomic E-state index is -1.11. The fraction of sp³-hybridized carbons (Fsp3) is 0.333. The largest absolute Gasteiger partial charge is 0.493 e. The van der Waals surface area contributed by atoms with Crippen molar-refractivity contribution >= 4 is 17.6 Å². The number of anilines is 1. The molecule has 0 aromatic heterocycles. The Morgan fingerprint density at radius 1 is 1.04 bits per heavy atom. The normalized spacial score (nSPS) is 16.8. The third-order valence-corrected chi connectivity index (χ3v) is 5.07. The highest BCUT2D eigenvalue weighted by atomic mass is 16.5. The minimum Gasteiger partial charge on any atom is -0.493 e. The van der Waals surface area contributed by atoms with Crippen LogP contribution in [0.2, 0.25) is 0 Å². The molecule has 0 radical (unpaired) electrons. The summed E-state index contributed by atoms with van der Waals surface area (Å²) in [5.74, 6) is -0.743. The number of fused-ring (bicyclic) bond motifs is 1. The van der Waals surface area contributed by atoms with Gasteiger partial charge in [-0.3, -0.25) is 4.79 Å². The Hall–Kier alpha value is -3.06. The summed E-state index contributed by atoms with van der Waals surface area (Å²) in [6, 6.07) is 11.3. The van der Waals surface area contributed by atoms with Crippen molar-refractivity contribution in [1.29, 1.82) is 0 Å². The van der Waals surface area contributed by atoms with Crippen molar-refractivity contribution in [3.8, 4) is 5.75 Å². The van der Waals surface area contributed by atoms with Crippen LogP contribution in [-0.4, -0.2) is 49.9 Å². The molecule has 2 aliphatic rings. The minimum absolute atomic E-state index is 0.419. The first-order chi connectivity index (χ1) is 13.6. The van der Waals surface area contributed by atoms with E-state index >= 15 is 0 Å². The van der Waals surface area contributed by atoms with E-state index in [-0.39, 0.29) is 0 Å². The highest BCUT2D eigenvalue weighted by molar-refractivity contribution is 5.97. The molecule has 0 bridgehead atoms. The van der Waals surface area contributed by atoms with E-state index in [2.05, 4.69) is 10.2 Å². The van der Waals surface area contributed by atoms with Crippen molar-refractivity contribution in [1.82, 2.24) is 5.32 Å². The Morgan fingerprint density at radius 2 is 1.79 bits per heavy atom. The van der Waals surface area contributed by atoms with Crippen LogP contribution in [0.3, 0.4) is 0 Å². The Labute approximate surface area is 162 Å². The predicted molar refractivity (Wildman–Crippen MR) is 103 cm³/mol. The molecule has 1 amide bonds. The monoisotopic (exact) mass is 382 g/mol. The molecule has 0 spiro atoms. The van der Waals surface area contributed by atoms with Gasteiger partial charge in [0.15, 0.2) is 6.04 Å². The summed E-state index contributed by atoms with van der Waals surface area (Å²) < 4.78 is 10.8. The molecule has 0 aliphatic carbocycles. The lowest BCUT2D eigenvalue weighted by atomic mass is 10.0. The second kappa shape index (κ2) is 7.90. The van der Waals surface area contributed by atoms with Gasteiger partial charge in [-0.1, -0.05) is 6.07 Å².